The highest BCUT2D eigenvalue weighted by Crippen LogP contribution is 2.51. The molecule has 0 aromatic heterocycles. The lowest BCUT2D eigenvalue weighted by molar-refractivity contribution is -0.138. The second-order valence-corrected chi connectivity index (χ2v) is 15.7. The van der Waals surface area contributed by atoms with E-state index in [1.807, 2.05) is 46.8 Å². The molecule has 0 aromatic rings. The maximum Gasteiger partial charge on any atom is 0.411 e. The molecule has 0 aromatic carbocycles. The van der Waals surface area contributed by atoms with Gasteiger partial charge in [0, 0.05) is 6.42 Å². The summed E-state index contributed by atoms with van der Waals surface area (Å²) < 4.78 is 17.4. The van der Waals surface area contributed by atoms with Crippen molar-refractivity contribution >= 4 is 20.4 Å². The number of methoxy groups -OCH3 is 1. The highest BCUT2D eigenvalue weighted by Gasteiger charge is 2.59. The van der Waals surface area contributed by atoms with Gasteiger partial charge < -0.3 is 13.9 Å². The van der Waals surface area contributed by atoms with E-state index in [2.05, 4.69) is 33.9 Å². The van der Waals surface area contributed by atoms with Crippen LogP contribution in [-0.2, 0) is 18.7 Å². The molecule has 0 saturated carbocycles. The van der Waals surface area contributed by atoms with E-state index < -0.39 is 37.1 Å². The van der Waals surface area contributed by atoms with Crippen LogP contribution in [0.25, 0.3) is 0 Å². The standard InChI is InChI=1S/C22H37NO5Si/c1-19(2,3)27-18(25)23-21(7)12-13-22(23,8)16(17(24)26-9)15(14-21)28-29(10,11)20(4,5)6/h12-13H,14H2,1-11H3/t21-,22+/m0/s1. The summed E-state index contributed by atoms with van der Waals surface area (Å²) in [5.74, 6) is 0.140. The fourth-order valence-electron chi connectivity index (χ4n) is 3.73. The van der Waals surface area contributed by atoms with E-state index in [-0.39, 0.29) is 5.04 Å². The van der Waals surface area contributed by atoms with Gasteiger partial charge in [-0.2, -0.15) is 0 Å². The van der Waals surface area contributed by atoms with Crippen molar-refractivity contribution in [2.24, 2.45) is 0 Å². The third-order valence-corrected chi connectivity index (χ3v) is 10.6. The number of ether oxygens (including phenoxy) is 2. The quantitative estimate of drug-likeness (QED) is 0.356. The number of carbonyl (C=O) groups is 2. The fourth-order valence-corrected chi connectivity index (χ4v) is 4.82. The van der Waals surface area contributed by atoms with Gasteiger partial charge in [0.05, 0.1) is 23.9 Å². The first kappa shape index (κ1) is 23.5. The molecule has 0 unspecified atom stereocenters. The van der Waals surface area contributed by atoms with Crippen LogP contribution in [0.2, 0.25) is 18.1 Å². The van der Waals surface area contributed by atoms with E-state index >= 15 is 0 Å². The number of esters is 1. The van der Waals surface area contributed by atoms with Crippen molar-refractivity contribution in [3.63, 3.8) is 0 Å². The monoisotopic (exact) mass is 423 g/mol. The summed E-state index contributed by atoms with van der Waals surface area (Å²) >= 11 is 0. The Labute approximate surface area is 176 Å². The summed E-state index contributed by atoms with van der Waals surface area (Å²) in [6.07, 6.45) is 3.81. The molecule has 7 heteroatoms. The zero-order chi connectivity index (χ0) is 22.6. The molecule has 2 bridgehead atoms. The Bertz CT molecular complexity index is 771. The molecule has 0 aliphatic carbocycles. The van der Waals surface area contributed by atoms with Crippen molar-refractivity contribution in [3.8, 4) is 0 Å². The van der Waals surface area contributed by atoms with Gasteiger partial charge in [-0.05, 0) is 52.8 Å². The van der Waals surface area contributed by atoms with E-state index in [0.717, 1.165) is 0 Å². The van der Waals surface area contributed by atoms with Crippen molar-refractivity contribution in [1.82, 2.24) is 4.90 Å². The Hall–Kier alpha value is -1.76. The summed E-state index contributed by atoms with van der Waals surface area (Å²) in [6.45, 7) is 20.1. The third kappa shape index (κ3) is 4.11. The van der Waals surface area contributed by atoms with Crippen LogP contribution in [-0.4, -0.2) is 49.1 Å². The first-order chi connectivity index (χ1) is 12.9. The molecule has 6 nitrogen and oxygen atoms in total. The Balaban J connectivity index is 2.62. The number of amides is 1. The first-order valence-electron chi connectivity index (χ1n) is 10.1. The molecule has 0 radical (unpaired) electrons. The SMILES string of the molecule is COC(=O)C1=C(O[Si](C)(C)C(C)(C)C)C[C@]2(C)C=C[C@@]1(C)N2C(=O)OC(C)(C)C. The van der Waals surface area contributed by atoms with Crippen LogP contribution in [0.4, 0.5) is 4.79 Å². The van der Waals surface area contributed by atoms with Gasteiger partial charge in [-0.1, -0.05) is 32.9 Å². The van der Waals surface area contributed by atoms with Gasteiger partial charge >= 0.3 is 12.1 Å². The number of hydrogen-bond donors (Lipinski definition) is 0. The molecule has 0 saturated heterocycles. The molecular formula is C22H37NO5Si. The predicted octanol–water partition coefficient (Wildman–Crippen LogP) is 5.16. The molecule has 0 spiro atoms. The van der Waals surface area contributed by atoms with Gasteiger partial charge in [0.25, 0.3) is 0 Å². The molecule has 2 aliphatic rings. The van der Waals surface area contributed by atoms with Crippen molar-refractivity contribution in [3.05, 3.63) is 23.5 Å². The van der Waals surface area contributed by atoms with E-state index in [1.54, 1.807) is 4.90 Å². The Kier molecular flexibility index (Phi) is 5.59. The zero-order valence-corrected chi connectivity index (χ0v) is 20.9. The van der Waals surface area contributed by atoms with Crippen LogP contribution < -0.4 is 0 Å². The molecule has 2 rings (SSSR count). The molecule has 2 heterocycles. The maximum atomic E-state index is 13.1. The van der Waals surface area contributed by atoms with Gasteiger partial charge in [-0.25, -0.2) is 9.59 Å². The molecule has 2 atom stereocenters. The molecule has 2 aliphatic heterocycles. The van der Waals surface area contributed by atoms with Crippen LogP contribution in [0.1, 0.15) is 61.8 Å². The number of fused-ring (bicyclic) bond motifs is 2. The molecule has 1 amide bonds. The third-order valence-electron chi connectivity index (χ3n) is 6.20. The molecule has 0 fully saturated rings. The number of nitrogens with zero attached hydrogens (tertiary/aromatic N) is 1. The highest BCUT2D eigenvalue weighted by atomic mass is 28.4. The Morgan fingerprint density at radius 3 is 2.07 bits per heavy atom. The Morgan fingerprint density at radius 2 is 1.62 bits per heavy atom. The van der Waals surface area contributed by atoms with Crippen LogP contribution in [0, 0.1) is 0 Å². The summed E-state index contributed by atoms with van der Waals surface area (Å²) in [5, 5.41) is -0.0299. The average molecular weight is 424 g/mol. The topological polar surface area (TPSA) is 65.1 Å². The van der Waals surface area contributed by atoms with Crippen molar-refractivity contribution < 1.29 is 23.5 Å². The van der Waals surface area contributed by atoms with Crippen molar-refractivity contribution in [2.45, 2.75) is 96.6 Å². The second kappa shape index (κ2) is 6.89. The molecule has 29 heavy (non-hydrogen) atoms. The first-order valence-corrected chi connectivity index (χ1v) is 13.0. The average Bonchev–Trinajstić information content (AvgIpc) is 2.69. The van der Waals surface area contributed by atoms with E-state index in [1.165, 1.54) is 7.11 Å². The van der Waals surface area contributed by atoms with E-state index in [4.69, 9.17) is 13.9 Å². The van der Waals surface area contributed by atoms with Crippen LogP contribution in [0.3, 0.4) is 0 Å². The van der Waals surface area contributed by atoms with Crippen LogP contribution in [0.15, 0.2) is 23.5 Å². The van der Waals surface area contributed by atoms with Crippen LogP contribution in [0.5, 0.6) is 0 Å². The van der Waals surface area contributed by atoms with Gasteiger partial charge in [-0.15, -0.1) is 0 Å². The van der Waals surface area contributed by atoms with Gasteiger partial charge in [0.1, 0.15) is 11.2 Å². The number of rotatable bonds is 3. The lowest BCUT2D eigenvalue weighted by Gasteiger charge is -2.50. The van der Waals surface area contributed by atoms with Gasteiger partial charge in [-0.3, -0.25) is 4.90 Å². The number of hydrogen-bond acceptors (Lipinski definition) is 5. The predicted molar refractivity (Wildman–Crippen MR) is 116 cm³/mol. The normalized spacial score (nSPS) is 27.2. The molecule has 164 valence electrons. The minimum absolute atomic E-state index is 0.0299. The summed E-state index contributed by atoms with van der Waals surface area (Å²) in [6, 6.07) is 0. The lowest BCUT2D eigenvalue weighted by atomic mass is 9.82. The van der Waals surface area contributed by atoms with Crippen molar-refractivity contribution in [1.29, 1.82) is 0 Å². The summed E-state index contributed by atoms with van der Waals surface area (Å²) in [7, 11) is -0.851. The number of carbonyl (C=O) groups excluding carboxylic acids is 2. The minimum Gasteiger partial charge on any atom is -0.546 e. The largest absolute Gasteiger partial charge is 0.546 e. The fraction of sp³-hybridized carbons (Fsp3) is 0.727. The highest BCUT2D eigenvalue weighted by molar-refractivity contribution is 6.74. The van der Waals surface area contributed by atoms with Crippen LogP contribution >= 0.6 is 0 Å². The van der Waals surface area contributed by atoms with Gasteiger partial charge in [0.2, 0.25) is 8.32 Å². The van der Waals surface area contributed by atoms with E-state index in [9.17, 15) is 9.59 Å². The second-order valence-electron chi connectivity index (χ2n) is 11.0. The smallest absolute Gasteiger partial charge is 0.411 e. The maximum absolute atomic E-state index is 13.1. The van der Waals surface area contributed by atoms with E-state index in [0.29, 0.717) is 17.8 Å². The molecule has 0 N–H and O–H groups in total. The van der Waals surface area contributed by atoms with Gasteiger partial charge in [0.15, 0.2) is 0 Å². The lowest BCUT2D eigenvalue weighted by Crippen LogP contribution is -2.61. The minimum atomic E-state index is -2.21. The summed E-state index contributed by atoms with van der Waals surface area (Å²) in [4.78, 5) is 27.7. The summed E-state index contributed by atoms with van der Waals surface area (Å²) in [5.41, 5.74) is -1.91. The Morgan fingerprint density at radius 1 is 1.07 bits per heavy atom. The molecular weight excluding hydrogens is 386 g/mol. The van der Waals surface area contributed by atoms with Crippen molar-refractivity contribution in [2.75, 3.05) is 7.11 Å². The zero-order valence-electron chi connectivity index (χ0n) is 19.9.